The van der Waals surface area contributed by atoms with E-state index in [0.717, 1.165) is 33.8 Å². The molecule has 0 bridgehead atoms. The Hall–Kier alpha value is -2.61. The fourth-order valence-corrected chi connectivity index (χ4v) is 3.89. The summed E-state index contributed by atoms with van der Waals surface area (Å²) in [6.07, 6.45) is 5.92. The average Bonchev–Trinajstić information content (AvgIpc) is 2.84. The van der Waals surface area contributed by atoms with Gasteiger partial charge < -0.3 is 0 Å². The largest absolute Gasteiger partial charge is 3.00 e. The van der Waals surface area contributed by atoms with E-state index >= 15 is 0 Å². The first-order valence-corrected chi connectivity index (χ1v) is 12.7. The number of benzene rings is 3. The van der Waals surface area contributed by atoms with Gasteiger partial charge in [-0.15, -0.1) is 0 Å². The molecule has 0 aliphatic heterocycles. The molecule has 0 atom stereocenters. The van der Waals surface area contributed by atoms with Gasteiger partial charge in [-0.2, -0.15) is 0 Å². The van der Waals surface area contributed by atoms with Gasteiger partial charge >= 0.3 is 20.1 Å². The van der Waals surface area contributed by atoms with Crippen LogP contribution in [0.5, 0.6) is 0 Å². The van der Waals surface area contributed by atoms with Crippen molar-refractivity contribution in [2.24, 2.45) is 10.8 Å². The van der Waals surface area contributed by atoms with Crippen LogP contribution in [0.4, 0.5) is 0 Å². The molecule has 0 unspecified atom stereocenters. The van der Waals surface area contributed by atoms with Gasteiger partial charge in [-0.1, -0.05) is 139 Å². The van der Waals surface area contributed by atoms with Crippen molar-refractivity contribution in [1.29, 1.82) is 0 Å². The summed E-state index contributed by atoms with van der Waals surface area (Å²) in [5, 5.41) is 0. The quantitative estimate of drug-likeness (QED) is 0.214. The van der Waals surface area contributed by atoms with Crippen LogP contribution in [0.2, 0.25) is 0 Å². The molecular formula is C33H40IrN2+3. The van der Waals surface area contributed by atoms with Gasteiger partial charge in [0.05, 0.1) is 23.3 Å². The zero-order chi connectivity index (χ0) is 25.3. The maximum atomic E-state index is 4.93. The fourth-order valence-electron chi connectivity index (χ4n) is 3.89. The Balaban J connectivity index is 0.000000327. The van der Waals surface area contributed by atoms with Gasteiger partial charge in [-0.3, -0.25) is 4.98 Å². The molecule has 0 fully saturated rings. The Kier molecular flexibility index (Phi) is 11.2. The summed E-state index contributed by atoms with van der Waals surface area (Å²) in [6.45, 7) is 13.9. The van der Waals surface area contributed by atoms with Gasteiger partial charge in [-0.05, 0) is 23.7 Å². The Bertz CT molecular complexity index is 1150. The summed E-state index contributed by atoms with van der Waals surface area (Å²) in [5.74, 6) is 0. The predicted molar refractivity (Wildman–Crippen MR) is 151 cm³/mol. The average molecular weight is 657 g/mol. The second kappa shape index (κ2) is 13.6. The number of hydrogen-bond donors (Lipinski definition) is 0. The first kappa shape index (κ1) is 29.6. The summed E-state index contributed by atoms with van der Waals surface area (Å²) in [5.41, 5.74) is 6.95. The summed E-state index contributed by atoms with van der Waals surface area (Å²) >= 11 is 0. The van der Waals surface area contributed by atoms with E-state index in [1.165, 1.54) is 19.3 Å². The van der Waals surface area contributed by atoms with Gasteiger partial charge in [0.25, 0.3) is 0 Å². The van der Waals surface area contributed by atoms with Crippen molar-refractivity contribution in [3.63, 3.8) is 0 Å². The molecule has 3 heteroatoms. The van der Waals surface area contributed by atoms with Crippen molar-refractivity contribution in [3.05, 3.63) is 97.2 Å². The molecule has 4 aromatic rings. The summed E-state index contributed by atoms with van der Waals surface area (Å²) in [6, 6.07) is 30.6. The van der Waals surface area contributed by atoms with Crippen molar-refractivity contribution in [3.8, 4) is 33.8 Å². The number of nitrogens with zero attached hydrogens (tertiary/aromatic N) is 2. The normalized spacial score (nSPS) is 11.2. The van der Waals surface area contributed by atoms with Gasteiger partial charge in [0.15, 0.2) is 0 Å². The molecule has 0 aliphatic rings. The van der Waals surface area contributed by atoms with E-state index < -0.39 is 0 Å². The number of hydrogen-bond acceptors (Lipinski definition) is 2. The SMILES string of the molecule is CC(C)(C)CCCC(C)(C)C.[Ir+3].c1ccc(-c2cnc(-c3ccccc3)c(-c3ccccc3)n2)cc1. The zero-order valence-corrected chi connectivity index (χ0v) is 25.0. The van der Waals surface area contributed by atoms with E-state index in [1.807, 2.05) is 60.8 Å². The van der Waals surface area contributed by atoms with Crippen LogP contribution in [0.3, 0.4) is 0 Å². The van der Waals surface area contributed by atoms with E-state index in [-0.39, 0.29) is 20.1 Å². The minimum absolute atomic E-state index is 0. The summed E-state index contributed by atoms with van der Waals surface area (Å²) in [4.78, 5) is 9.67. The summed E-state index contributed by atoms with van der Waals surface area (Å²) < 4.78 is 0. The minimum Gasteiger partial charge on any atom is -0.252 e. The molecule has 1 aromatic heterocycles. The van der Waals surface area contributed by atoms with Crippen molar-refractivity contribution < 1.29 is 20.1 Å². The molecule has 0 amide bonds. The Labute approximate surface area is 232 Å². The van der Waals surface area contributed by atoms with Crippen molar-refractivity contribution >= 4 is 0 Å². The predicted octanol–water partition coefficient (Wildman–Crippen LogP) is 9.72. The number of rotatable bonds is 5. The second-order valence-corrected chi connectivity index (χ2v) is 11.5. The molecule has 3 aromatic carbocycles. The molecular weight excluding hydrogens is 617 g/mol. The second-order valence-electron chi connectivity index (χ2n) is 11.5. The molecule has 2 nitrogen and oxygen atoms in total. The van der Waals surface area contributed by atoms with Crippen molar-refractivity contribution in [2.75, 3.05) is 0 Å². The first-order chi connectivity index (χ1) is 16.6. The van der Waals surface area contributed by atoms with Gasteiger partial charge in [0.2, 0.25) is 0 Å². The molecule has 0 spiro atoms. The van der Waals surface area contributed by atoms with Crippen LogP contribution >= 0.6 is 0 Å². The van der Waals surface area contributed by atoms with E-state index in [2.05, 4.69) is 77.9 Å². The Morgan fingerprint density at radius 3 is 1.33 bits per heavy atom. The molecule has 4 rings (SSSR count). The molecule has 36 heavy (non-hydrogen) atoms. The van der Waals surface area contributed by atoms with Crippen molar-refractivity contribution in [1.82, 2.24) is 9.97 Å². The molecule has 0 aliphatic carbocycles. The van der Waals surface area contributed by atoms with Crippen LogP contribution in [0.15, 0.2) is 97.2 Å². The maximum Gasteiger partial charge on any atom is 3.00 e. The van der Waals surface area contributed by atoms with E-state index in [9.17, 15) is 0 Å². The number of aromatic nitrogens is 2. The van der Waals surface area contributed by atoms with Crippen LogP contribution in [0, 0.1) is 10.8 Å². The standard InChI is InChI=1S/C22H16N2.C11H24.Ir/c1-4-10-17(11-5-1)20-16-23-21(18-12-6-2-7-13-18)22(24-20)19-14-8-3-9-15-19;1-10(2,3)8-7-9-11(4,5)6;/h1-16H;7-9H2,1-6H3;/q;;+3. The van der Waals surface area contributed by atoms with E-state index in [4.69, 9.17) is 9.97 Å². The minimum atomic E-state index is 0. The van der Waals surface area contributed by atoms with E-state index in [0.29, 0.717) is 10.8 Å². The smallest absolute Gasteiger partial charge is 0.252 e. The third-order valence-corrected chi connectivity index (χ3v) is 5.79. The molecule has 0 radical (unpaired) electrons. The molecule has 0 saturated heterocycles. The van der Waals surface area contributed by atoms with Crippen LogP contribution in [0.25, 0.3) is 33.8 Å². The fraction of sp³-hybridized carbons (Fsp3) is 0.333. The van der Waals surface area contributed by atoms with Gasteiger partial charge in [0, 0.05) is 16.7 Å². The topological polar surface area (TPSA) is 25.8 Å². The molecule has 1 heterocycles. The van der Waals surface area contributed by atoms with Crippen LogP contribution in [-0.2, 0) is 20.1 Å². The third-order valence-electron chi connectivity index (χ3n) is 5.79. The zero-order valence-electron chi connectivity index (χ0n) is 22.6. The van der Waals surface area contributed by atoms with Crippen molar-refractivity contribution in [2.45, 2.75) is 60.8 Å². The molecule has 0 N–H and O–H groups in total. The van der Waals surface area contributed by atoms with Crippen LogP contribution in [-0.4, -0.2) is 9.97 Å². The molecule has 188 valence electrons. The van der Waals surface area contributed by atoms with Crippen LogP contribution in [0.1, 0.15) is 60.8 Å². The maximum absolute atomic E-state index is 4.93. The molecule has 0 saturated carbocycles. The summed E-state index contributed by atoms with van der Waals surface area (Å²) in [7, 11) is 0. The monoisotopic (exact) mass is 657 g/mol. The van der Waals surface area contributed by atoms with Gasteiger partial charge in [0.1, 0.15) is 0 Å². The van der Waals surface area contributed by atoms with E-state index in [1.54, 1.807) is 0 Å². The first-order valence-electron chi connectivity index (χ1n) is 12.7. The third kappa shape index (κ3) is 9.80. The Morgan fingerprint density at radius 1 is 0.528 bits per heavy atom. The van der Waals surface area contributed by atoms with Gasteiger partial charge in [-0.25, -0.2) is 4.98 Å². The van der Waals surface area contributed by atoms with Crippen LogP contribution < -0.4 is 0 Å². The Morgan fingerprint density at radius 2 is 0.917 bits per heavy atom.